The molecule has 3 rings (SSSR count). The fraction of sp³-hybridized carbons (Fsp3) is 0.227. The van der Waals surface area contributed by atoms with E-state index in [-0.39, 0.29) is 17.2 Å². The third-order valence-electron chi connectivity index (χ3n) is 4.52. The number of hydrogen-bond acceptors (Lipinski definition) is 4. The van der Waals surface area contributed by atoms with E-state index < -0.39 is 16.1 Å². The molecular formula is C22H24N2O4S. The number of carbonyl (C=O) groups is 1. The Kier molecular flexibility index (Phi) is 6.51. The summed E-state index contributed by atoms with van der Waals surface area (Å²) in [5.41, 5.74) is 3.07. The number of amides is 1. The lowest BCUT2D eigenvalue weighted by atomic mass is 10.1. The molecule has 0 fully saturated rings. The van der Waals surface area contributed by atoms with E-state index in [1.807, 2.05) is 38.1 Å². The molecule has 0 spiro atoms. The minimum Gasteiger partial charge on any atom is -0.468 e. The molecule has 1 amide bonds. The molecule has 1 aromatic heterocycles. The number of carbonyl (C=O) groups excluding carboxylic acids is 1. The van der Waals surface area contributed by atoms with Crippen LogP contribution >= 0.6 is 0 Å². The first kappa shape index (κ1) is 20.8. The second kappa shape index (κ2) is 9.07. The maximum atomic E-state index is 12.8. The molecule has 1 atom stereocenters. The fourth-order valence-electron chi connectivity index (χ4n) is 2.83. The van der Waals surface area contributed by atoms with E-state index in [9.17, 15) is 13.2 Å². The maximum absolute atomic E-state index is 12.8. The lowest BCUT2D eigenvalue weighted by Crippen LogP contribution is -2.33. The van der Waals surface area contributed by atoms with E-state index in [0.717, 1.165) is 16.7 Å². The number of rotatable bonds is 8. The van der Waals surface area contributed by atoms with Crippen molar-refractivity contribution in [3.8, 4) is 0 Å². The molecule has 0 bridgehead atoms. The summed E-state index contributed by atoms with van der Waals surface area (Å²) in [5, 5.41) is 2.83. The van der Waals surface area contributed by atoms with Gasteiger partial charge in [0.25, 0.3) is 0 Å². The van der Waals surface area contributed by atoms with E-state index in [4.69, 9.17) is 4.42 Å². The standard InChI is InChI=1S/C22H24N2O4S/c1-16-5-9-18(10-6-16)15-23-22(25)14-20(21-4-3-13-28-21)24-29(26,27)19-11-7-17(2)8-12-19/h3-13,20,24H,14-15H2,1-2H3,(H,23,25). The summed E-state index contributed by atoms with van der Waals surface area (Å²) in [5.74, 6) is 0.102. The molecule has 0 saturated carbocycles. The quantitative estimate of drug-likeness (QED) is 0.591. The zero-order chi connectivity index (χ0) is 20.9. The van der Waals surface area contributed by atoms with E-state index in [1.165, 1.54) is 18.4 Å². The molecule has 3 aromatic rings. The second-order valence-corrected chi connectivity index (χ2v) is 8.68. The predicted molar refractivity (Wildman–Crippen MR) is 111 cm³/mol. The van der Waals surface area contributed by atoms with Crippen molar-refractivity contribution in [1.82, 2.24) is 10.0 Å². The summed E-state index contributed by atoms with van der Waals surface area (Å²) in [4.78, 5) is 12.6. The molecule has 1 heterocycles. The summed E-state index contributed by atoms with van der Waals surface area (Å²) in [6.07, 6.45) is 1.37. The van der Waals surface area contributed by atoms with Crippen molar-refractivity contribution >= 4 is 15.9 Å². The predicted octanol–water partition coefficient (Wildman–Crippen LogP) is 3.62. The van der Waals surface area contributed by atoms with Crippen LogP contribution in [0.15, 0.2) is 76.2 Å². The van der Waals surface area contributed by atoms with Gasteiger partial charge in [-0.25, -0.2) is 8.42 Å². The summed E-state index contributed by atoms with van der Waals surface area (Å²) >= 11 is 0. The van der Waals surface area contributed by atoms with Crippen LogP contribution in [0.4, 0.5) is 0 Å². The molecule has 0 aliphatic rings. The van der Waals surface area contributed by atoms with Crippen LogP contribution in [-0.2, 0) is 21.4 Å². The van der Waals surface area contributed by atoms with Crippen molar-refractivity contribution in [3.05, 3.63) is 89.4 Å². The highest BCUT2D eigenvalue weighted by Crippen LogP contribution is 2.21. The van der Waals surface area contributed by atoms with Crippen molar-refractivity contribution in [1.29, 1.82) is 0 Å². The topological polar surface area (TPSA) is 88.4 Å². The Labute approximate surface area is 171 Å². The Morgan fingerprint density at radius 2 is 1.59 bits per heavy atom. The highest BCUT2D eigenvalue weighted by atomic mass is 32.2. The minimum absolute atomic E-state index is 0.0789. The van der Waals surface area contributed by atoms with Crippen LogP contribution in [-0.4, -0.2) is 14.3 Å². The molecule has 0 saturated heterocycles. The molecule has 6 nitrogen and oxygen atoms in total. The maximum Gasteiger partial charge on any atom is 0.241 e. The van der Waals surface area contributed by atoms with Crippen LogP contribution in [0, 0.1) is 13.8 Å². The molecule has 0 radical (unpaired) electrons. The molecule has 152 valence electrons. The van der Waals surface area contributed by atoms with Crippen molar-refractivity contribution in [2.75, 3.05) is 0 Å². The zero-order valence-corrected chi connectivity index (χ0v) is 17.2. The minimum atomic E-state index is -3.81. The number of aryl methyl sites for hydroxylation is 2. The van der Waals surface area contributed by atoms with Gasteiger partial charge in [-0.1, -0.05) is 47.5 Å². The van der Waals surface area contributed by atoms with Crippen LogP contribution in [0.5, 0.6) is 0 Å². The smallest absolute Gasteiger partial charge is 0.241 e. The summed E-state index contributed by atoms with van der Waals surface area (Å²) < 4.78 is 33.5. The number of sulfonamides is 1. The van der Waals surface area contributed by atoms with Gasteiger partial charge in [-0.2, -0.15) is 4.72 Å². The molecular weight excluding hydrogens is 388 g/mol. The molecule has 1 unspecified atom stereocenters. The van der Waals surface area contributed by atoms with Crippen LogP contribution in [0.1, 0.15) is 34.9 Å². The van der Waals surface area contributed by atoms with Gasteiger partial charge in [0, 0.05) is 6.54 Å². The fourth-order valence-corrected chi connectivity index (χ4v) is 4.03. The Bertz CT molecular complexity index is 1040. The number of furan rings is 1. The first-order valence-electron chi connectivity index (χ1n) is 9.28. The first-order chi connectivity index (χ1) is 13.8. The summed E-state index contributed by atoms with van der Waals surface area (Å²) in [7, 11) is -3.81. The molecule has 0 aliphatic carbocycles. The Balaban J connectivity index is 1.69. The third kappa shape index (κ3) is 5.79. The molecule has 2 N–H and O–H groups in total. The van der Waals surface area contributed by atoms with Gasteiger partial charge in [-0.15, -0.1) is 0 Å². The van der Waals surface area contributed by atoms with E-state index in [1.54, 1.807) is 24.3 Å². The van der Waals surface area contributed by atoms with Gasteiger partial charge >= 0.3 is 0 Å². The van der Waals surface area contributed by atoms with E-state index in [0.29, 0.717) is 12.3 Å². The second-order valence-electron chi connectivity index (χ2n) is 6.97. The summed E-state index contributed by atoms with van der Waals surface area (Å²) in [6, 6.07) is 16.9. The van der Waals surface area contributed by atoms with Gasteiger partial charge in [-0.3, -0.25) is 4.79 Å². The van der Waals surface area contributed by atoms with Crippen molar-refractivity contribution in [3.63, 3.8) is 0 Å². The number of benzene rings is 2. The van der Waals surface area contributed by atoms with E-state index in [2.05, 4.69) is 10.0 Å². The SMILES string of the molecule is Cc1ccc(CNC(=O)CC(NS(=O)(=O)c2ccc(C)cc2)c2ccco2)cc1. The van der Waals surface area contributed by atoms with Gasteiger partial charge < -0.3 is 9.73 Å². The average Bonchev–Trinajstić information content (AvgIpc) is 3.22. The van der Waals surface area contributed by atoms with Gasteiger partial charge in [0.15, 0.2) is 0 Å². The van der Waals surface area contributed by atoms with Crippen molar-refractivity contribution in [2.24, 2.45) is 0 Å². The highest BCUT2D eigenvalue weighted by Gasteiger charge is 2.25. The van der Waals surface area contributed by atoms with E-state index >= 15 is 0 Å². The monoisotopic (exact) mass is 412 g/mol. The van der Waals surface area contributed by atoms with Crippen LogP contribution in [0.25, 0.3) is 0 Å². The lowest BCUT2D eigenvalue weighted by Gasteiger charge is -2.17. The number of nitrogens with one attached hydrogen (secondary N) is 2. The Morgan fingerprint density at radius 1 is 0.966 bits per heavy atom. The van der Waals surface area contributed by atoms with Crippen molar-refractivity contribution < 1.29 is 17.6 Å². The molecule has 7 heteroatoms. The van der Waals surface area contributed by atoms with Crippen LogP contribution < -0.4 is 10.0 Å². The van der Waals surface area contributed by atoms with Crippen molar-refractivity contribution in [2.45, 2.75) is 37.8 Å². The Hall–Kier alpha value is -2.90. The van der Waals surface area contributed by atoms with Gasteiger partial charge in [0.05, 0.1) is 23.6 Å². The van der Waals surface area contributed by atoms with Crippen LogP contribution in [0.3, 0.4) is 0 Å². The normalized spacial score (nSPS) is 12.5. The van der Waals surface area contributed by atoms with Gasteiger partial charge in [0.2, 0.25) is 15.9 Å². The molecule has 2 aromatic carbocycles. The number of hydrogen-bond donors (Lipinski definition) is 2. The Morgan fingerprint density at radius 3 is 2.17 bits per heavy atom. The third-order valence-corrected chi connectivity index (χ3v) is 6.00. The largest absolute Gasteiger partial charge is 0.468 e. The first-order valence-corrected chi connectivity index (χ1v) is 10.8. The van der Waals surface area contributed by atoms with Gasteiger partial charge in [-0.05, 0) is 43.7 Å². The highest BCUT2D eigenvalue weighted by molar-refractivity contribution is 7.89. The molecule has 0 aliphatic heterocycles. The zero-order valence-electron chi connectivity index (χ0n) is 16.4. The molecule has 29 heavy (non-hydrogen) atoms. The van der Waals surface area contributed by atoms with Crippen LogP contribution in [0.2, 0.25) is 0 Å². The lowest BCUT2D eigenvalue weighted by molar-refractivity contribution is -0.121. The summed E-state index contributed by atoms with van der Waals surface area (Å²) in [6.45, 7) is 4.25. The average molecular weight is 413 g/mol. The van der Waals surface area contributed by atoms with Gasteiger partial charge in [0.1, 0.15) is 5.76 Å².